The summed E-state index contributed by atoms with van der Waals surface area (Å²) in [6.07, 6.45) is 0.229. The minimum Gasteiger partial charge on any atom is -0.442 e. The van der Waals surface area contributed by atoms with E-state index >= 15 is 0 Å². The Hall–Kier alpha value is -0.820. The molecule has 1 N–H and O–H groups in total. The van der Waals surface area contributed by atoms with Crippen molar-refractivity contribution in [2.24, 2.45) is 0 Å². The molecule has 2 rings (SSSR count). The van der Waals surface area contributed by atoms with Crippen LogP contribution >= 0.6 is 0 Å². The number of amides is 1. The fraction of sp³-hybridized carbons (Fsp3) is 0.889. The van der Waals surface area contributed by atoms with Crippen LogP contribution in [-0.4, -0.2) is 61.3 Å². The van der Waals surface area contributed by atoms with Gasteiger partial charge in [0.15, 0.2) is 9.84 Å². The molecule has 6 nitrogen and oxygen atoms in total. The third-order valence-electron chi connectivity index (χ3n) is 3.04. The van der Waals surface area contributed by atoms with Crippen molar-refractivity contribution in [2.75, 3.05) is 25.4 Å². The Bertz CT molecular complexity index is 379. The molecule has 0 aromatic carbocycles. The molecule has 92 valence electrons. The molecule has 2 atom stereocenters. The molecule has 0 saturated carbocycles. The summed E-state index contributed by atoms with van der Waals surface area (Å²) in [6, 6.07) is 0. The summed E-state index contributed by atoms with van der Waals surface area (Å²) in [7, 11) is -3.03. The van der Waals surface area contributed by atoms with Crippen LogP contribution in [0.25, 0.3) is 0 Å². The molecule has 0 bridgehead atoms. The van der Waals surface area contributed by atoms with Gasteiger partial charge in [-0.1, -0.05) is 0 Å². The van der Waals surface area contributed by atoms with Crippen LogP contribution in [-0.2, 0) is 14.6 Å². The van der Waals surface area contributed by atoms with Gasteiger partial charge in [-0.3, -0.25) is 0 Å². The topological polar surface area (TPSA) is 83.9 Å². The Morgan fingerprint density at radius 3 is 2.75 bits per heavy atom. The van der Waals surface area contributed by atoms with E-state index in [2.05, 4.69) is 0 Å². The summed E-state index contributed by atoms with van der Waals surface area (Å²) in [5.74, 6) is 0.212. The lowest BCUT2D eigenvalue weighted by Crippen LogP contribution is -2.36. The Kier molecular flexibility index (Phi) is 3.07. The van der Waals surface area contributed by atoms with Crippen LogP contribution in [0.5, 0.6) is 0 Å². The van der Waals surface area contributed by atoms with Gasteiger partial charge in [-0.05, 0) is 12.8 Å². The van der Waals surface area contributed by atoms with Crippen molar-refractivity contribution in [1.29, 1.82) is 0 Å². The summed E-state index contributed by atoms with van der Waals surface area (Å²) in [5.41, 5.74) is 0. The summed E-state index contributed by atoms with van der Waals surface area (Å²) in [6.45, 7) is 0.249. The van der Waals surface area contributed by atoms with Crippen LogP contribution in [0.1, 0.15) is 12.8 Å². The lowest BCUT2D eigenvalue weighted by molar-refractivity contribution is 0.0948. The lowest BCUT2D eigenvalue weighted by atomic mass is 10.2. The monoisotopic (exact) mass is 249 g/mol. The molecule has 2 aliphatic heterocycles. The highest BCUT2D eigenvalue weighted by atomic mass is 32.2. The van der Waals surface area contributed by atoms with Crippen molar-refractivity contribution in [3.8, 4) is 0 Å². The average molecular weight is 249 g/mol. The molecule has 16 heavy (non-hydrogen) atoms. The molecule has 7 heteroatoms. The molecule has 0 aromatic rings. The standard InChI is InChI=1S/C9H15NO5S/c11-6-7-4-10(9(12)15-7)5-8-2-1-3-16(8,13)14/h7-8,11H,1-6H2/t7-,8?/m1/s1. The number of sulfone groups is 1. The zero-order valence-corrected chi connectivity index (χ0v) is 9.65. The molecular formula is C9H15NO5S. The van der Waals surface area contributed by atoms with E-state index in [9.17, 15) is 13.2 Å². The molecular weight excluding hydrogens is 234 g/mol. The van der Waals surface area contributed by atoms with Gasteiger partial charge in [-0.2, -0.15) is 0 Å². The number of carbonyl (C=O) groups excluding carboxylic acids is 1. The SMILES string of the molecule is O=C1O[C@@H](CO)CN1CC1CCCS1(=O)=O. The minimum absolute atomic E-state index is 0.192. The number of cyclic esters (lactones) is 1. The fourth-order valence-corrected chi connectivity index (χ4v) is 3.96. The first kappa shape index (κ1) is 11.7. The maximum Gasteiger partial charge on any atom is 0.410 e. The van der Waals surface area contributed by atoms with Crippen LogP contribution in [0, 0.1) is 0 Å². The van der Waals surface area contributed by atoms with E-state index < -0.39 is 27.3 Å². The largest absolute Gasteiger partial charge is 0.442 e. The maximum atomic E-state index is 11.6. The number of carbonyl (C=O) groups is 1. The molecule has 2 aliphatic rings. The van der Waals surface area contributed by atoms with Gasteiger partial charge < -0.3 is 14.7 Å². The molecule has 2 saturated heterocycles. The second kappa shape index (κ2) is 4.21. The van der Waals surface area contributed by atoms with Crippen LogP contribution in [0.2, 0.25) is 0 Å². The lowest BCUT2D eigenvalue weighted by Gasteiger charge is -2.17. The second-order valence-electron chi connectivity index (χ2n) is 4.22. The molecule has 1 unspecified atom stereocenters. The molecule has 0 aliphatic carbocycles. The minimum atomic E-state index is -3.03. The van der Waals surface area contributed by atoms with Gasteiger partial charge in [0.2, 0.25) is 0 Å². The zero-order chi connectivity index (χ0) is 11.8. The van der Waals surface area contributed by atoms with E-state index in [1.807, 2.05) is 0 Å². The van der Waals surface area contributed by atoms with Crippen LogP contribution in [0.4, 0.5) is 4.79 Å². The first-order valence-electron chi connectivity index (χ1n) is 5.31. The normalized spacial score (nSPS) is 33.1. The molecule has 0 aromatic heterocycles. The van der Waals surface area contributed by atoms with E-state index in [4.69, 9.17) is 9.84 Å². The highest BCUT2D eigenvalue weighted by Gasteiger charge is 2.38. The summed E-state index contributed by atoms with van der Waals surface area (Å²) >= 11 is 0. The van der Waals surface area contributed by atoms with Crippen molar-refractivity contribution in [3.63, 3.8) is 0 Å². The smallest absolute Gasteiger partial charge is 0.410 e. The van der Waals surface area contributed by atoms with Gasteiger partial charge in [0.1, 0.15) is 6.10 Å². The van der Waals surface area contributed by atoms with Crippen LogP contribution in [0.15, 0.2) is 0 Å². The van der Waals surface area contributed by atoms with Crippen molar-refractivity contribution in [1.82, 2.24) is 4.90 Å². The first-order valence-corrected chi connectivity index (χ1v) is 7.02. The average Bonchev–Trinajstić information content (AvgIpc) is 2.72. The van der Waals surface area contributed by atoms with E-state index in [0.717, 1.165) is 0 Å². The number of rotatable bonds is 3. The third kappa shape index (κ3) is 2.15. The van der Waals surface area contributed by atoms with Gasteiger partial charge in [0.25, 0.3) is 0 Å². The fourth-order valence-electron chi connectivity index (χ4n) is 2.13. The second-order valence-corrected chi connectivity index (χ2v) is 6.63. The third-order valence-corrected chi connectivity index (χ3v) is 5.30. The summed E-state index contributed by atoms with van der Waals surface area (Å²) in [4.78, 5) is 12.7. The number of hydrogen-bond acceptors (Lipinski definition) is 5. The van der Waals surface area contributed by atoms with Gasteiger partial charge in [-0.15, -0.1) is 0 Å². The number of hydrogen-bond donors (Lipinski definition) is 1. The van der Waals surface area contributed by atoms with Crippen molar-refractivity contribution >= 4 is 15.9 Å². The summed E-state index contributed by atoms with van der Waals surface area (Å²) < 4.78 is 28.0. The quantitative estimate of drug-likeness (QED) is 0.720. The van der Waals surface area contributed by atoms with E-state index in [0.29, 0.717) is 12.8 Å². The molecule has 2 heterocycles. The van der Waals surface area contributed by atoms with Crippen LogP contribution < -0.4 is 0 Å². The number of ether oxygens (including phenoxy) is 1. The number of aliphatic hydroxyl groups excluding tert-OH is 1. The van der Waals surface area contributed by atoms with E-state index in [1.165, 1.54) is 4.90 Å². The highest BCUT2D eigenvalue weighted by molar-refractivity contribution is 7.92. The summed E-state index contributed by atoms with van der Waals surface area (Å²) in [5, 5.41) is 8.38. The Morgan fingerprint density at radius 2 is 2.25 bits per heavy atom. The number of nitrogens with zero attached hydrogens (tertiary/aromatic N) is 1. The first-order chi connectivity index (χ1) is 7.53. The number of aliphatic hydroxyl groups is 1. The predicted octanol–water partition coefficient (Wildman–Crippen LogP) is -0.623. The Morgan fingerprint density at radius 1 is 1.50 bits per heavy atom. The maximum absolute atomic E-state index is 11.6. The highest BCUT2D eigenvalue weighted by Crippen LogP contribution is 2.22. The van der Waals surface area contributed by atoms with Crippen LogP contribution in [0.3, 0.4) is 0 Å². The Balaban J connectivity index is 1.98. The zero-order valence-electron chi connectivity index (χ0n) is 8.83. The molecule has 2 fully saturated rings. The van der Waals surface area contributed by atoms with E-state index in [-0.39, 0.29) is 25.4 Å². The van der Waals surface area contributed by atoms with Crippen molar-refractivity contribution in [3.05, 3.63) is 0 Å². The van der Waals surface area contributed by atoms with Gasteiger partial charge >= 0.3 is 6.09 Å². The van der Waals surface area contributed by atoms with Gasteiger partial charge in [0, 0.05) is 6.54 Å². The van der Waals surface area contributed by atoms with E-state index in [1.54, 1.807) is 0 Å². The predicted molar refractivity (Wildman–Crippen MR) is 55.7 cm³/mol. The van der Waals surface area contributed by atoms with Crippen molar-refractivity contribution in [2.45, 2.75) is 24.2 Å². The van der Waals surface area contributed by atoms with Gasteiger partial charge in [-0.25, -0.2) is 13.2 Å². The molecule has 1 amide bonds. The molecule has 0 radical (unpaired) electrons. The van der Waals surface area contributed by atoms with Crippen molar-refractivity contribution < 1.29 is 23.1 Å². The molecule has 0 spiro atoms. The Labute approximate surface area is 94.1 Å². The van der Waals surface area contributed by atoms with Gasteiger partial charge in [0.05, 0.1) is 24.2 Å².